The van der Waals surface area contributed by atoms with Gasteiger partial charge in [0.2, 0.25) is 0 Å². The van der Waals surface area contributed by atoms with E-state index in [4.69, 9.17) is 10.8 Å². The van der Waals surface area contributed by atoms with E-state index in [0.29, 0.717) is 19.4 Å². The molecule has 0 radical (unpaired) electrons. The van der Waals surface area contributed by atoms with Gasteiger partial charge >= 0.3 is 5.97 Å². The van der Waals surface area contributed by atoms with Gasteiger partial charge in [0, 0.05) is 11.6 Å². The van der Waals surface area contributed by atoms with E-state index in [2.05, 4.69) is 4.98 Å². The van der Waals surface area contributed by atoms with Crippen molar-refractivity contribution in [2.24, 2.45) is 11.7 Å². The molecule has 0 bridgehead atoms. The summed E-state index contributed by atoms with van der Waals surface area (Å²) in [6.07, 6.45) is 2.71. The van der Waals surface area contributed by atoms with Crippen molar-refractivity contribution < 1.29 is 9.90 Å². The molecule has 4 nitrogen and oxygen atoms in total. The summed E-state index contributed by atoms with van der Waals surface area (Å²) >= 11 is 0. The van der Waals surface area contributed by atoms with Gasteiger partial charge in [-0.15, -0.1) is 0 Å². The van der Waals surface area contributed by atoms with Crippen LogP contribution in [0.1, 0.15) is 12.0 Å². The number of rotatable bonds is 5. The average Bonchev–Trinajstić information content (AvgIpc) is 2.38. The number of pyridine rings is 1. The van der Waals surface area contributed by atoms with E-state index in [0.717, 1.165) is 16.5 Å². The second-order valence-electron chi connectivity index (χ2n) is 4.35. The Morgan fingerprint density at radius 2 is 2.17 bits per heavy atom. The number of hydrogen-bond acceptors (Lipinski definition) is 3. The molecule has 0 aliphatic rings. The largest absolute Gasteiger partial charge is 0.481 e. The number of hydrogen-bond donors (Lipinski definition) is 2. The van der Waals surface area contributed by atoms with Gasteiger partial charge in [-0.3, -0.25) is 9.78 Å². The lowest BCUT2D eigenvalue weighted by molar-refractivity contribution is -0.141. The molecule has 2 aromatic rings. The highest BCUT2D eigenvalue weighted by Crippen LogP contribution is 2.17. The van der Waals surface area contributed by atoms with Gasteiger partial charge in [0.15, 0.2) is 0 Å². The lowest BCUT2D eigenvalue weighted by Gasteiger charge is -2.11. The van der Waals surface area contributed by atoms with Crippen LogP contribution < -0.4 is 5.73 Å². The summed E-state index contributed by atoms with van der Waals surface area (Å²) in [4.78, 5) is 15.4. The summed E-state index contributed by atoms with van der Waals surface area (Å²) in [5.41, 5.74) is 7.29. The number of carbonyl (C=O) groups is 1. The number of benzene rings is 1. The Bertz CT molecular complexity index is 554. The van der Waals surface area contributed by atoms with Crippen molar-refractivity contribution in [1.29, 1.82) is 0 Å². The zero-order valence-corrected chi connectivity index (χ0v) is 10.0. The van der Waals surface area contributed by atoms with E-state index in [-0.39, 0.29) is 0 Å². The predicted octanol–water partition coefficient (Wildman–Crippen LogP) is 1.83. The number of nitrogens with two attached hydrogens (primary N) is 1. The van der Waals surface area contributed by atoms with E-state index in [9.17, 15) is 4.79 Å². The van der Waals surface area contributed by atoms with Crippen LogP contribution in [0.2, 0.25) is 0 Å². The average molecular weight is 244 g/mol. The molecule has 0 aliphatic heterocycles. The second kappa shape index (κ2) is 5.60. The topological polar surface area (TPSA) is 76.2 Å². The Hall–Kier alpha value is -1.94. The molecule has 1 aromatic carbocycles. The molecule has 2 rings (SSSR count). The summed E-state index contributed by atoms with van der Waals surface area (Å²) < 4.78 is 0. The number of carboxylic acids is 1. The van der Waals surface area contributed by atoms with Gasteiger partial charge in [0.25, 0.3) is 0 Å². The summed E-state index contributed by atoms with van der Waals surface area (Å²) in [5, 5.41) is 10.1. The fourth-order valence-electron chi connectivity index (χ4n) is 2.03. The SMILES string of the molecule is NCCC(Cc1cnc2ccccc2c1)C(=O)O. The van der Waals surface area contributed by atoms with E-state index >= 15 is 0 Å². The highest BCUT2D eigenvalue weighted by Gasteiger charge is 2.17. The van der Waals surface area contributed by atoms with Crippen molar-refractivity contribution in [3.8, 4) is 0 Å². The smallest absolute Gasteiger partial charge is 0.306 e. The Labute approximate surface area is 105 Å². The molecule has 1 atom stereocenters. The Morgan fingerprint density at radius 3 is 2.89 bits per heavy atom. The van der Waals surface area contributed by atoms with Crippen molar-refractivity contribution in [3.05, 3.63) is 42.1 Å². The molecule has 18 heavy (non-hydrogen) atoms. The third kappa shape index (κ3) is 2.84. The normalized spacial score (nSPS) is 12.5. The van der Waals surface area contributed by atoms with Crippen LogP contribution >= 0.6 is 0 Å². The molecule has 3 N–H and O–H groups in total. The highest BCUT2D eigenvalue weighted by atomic mass is 16.4. The monoisotopic (exact) mass is 244 g/mol. The third-order valence-electron chi connectivity index (χ3n) is 2.99. The molecule has 0 amide bonds. The van der Waals surface area contributed by atoms with Gasteiger partial charge < -0.3 is 10.8 Å². The van der Waals surface area contributed by atoms with Crippen molar-refractivity contribution in [2.75, 3.05) is 6.54 Å². The summed E-state index contributed by atoms with van der Waals surface area (Å²) in [6, 6.07) is 9.79. The molecule has 0 spiro atoms. The lowest BCUT2D eigenvalue weighted by Crippen LogP contribution is -2.20. The summed E-state index contributed by atoms with van der Waals surface area (Å²) in [5.74, 6) is -1.23. The van der Waals surface area contributed by atoms with Crippen LogP contribution in [-0.4, -0.2) is 22.6 Å². The third-order valence-corrected chi connectivity index (χ3v) is 2.99. The van der Waals surface area contributed by atoms with Crippen LogP contribution in [0, 0.1) is 5.92 Å². The van der Waals surface area contributed by atoms with E-state index in [1.54, 1.807) is 6.20 Å². The molecule has 94 valence electrons. The van der Waals surface area contributed by atoms with Gasteiger partial charge in [-0.25, -0.2) is 0 Å². The maximum Gasteiger partial charge on any atom is 0.306 e. The van der Waals surface area contributed by atoms with Crippen LogP contribution in [0.25, 0.3) is 10.9 Å². The molecule has 0 aliphatic carbocycles. The minimum atomic E-state index is -0.798. The Balaban J connectivity index is 2.22. The number of aliphatic carboxylic acids is 1. The Morgan fingerprint density at radius 1 is 1.39 bits per heavy atom. The number of para-hydroxylation sites is 1. The number of nitrogens with zero attached hydrogens (tertiary/aromatic N) is 1. The molecule has 0 fully saturated rings. The van der Waals surface area contributed by atoms with Gasteiger partial charge in [-0.1, -0.05) is 18.2 Å². The molecule has 1 aromatic heterocycles. The zero-order valence-electron chi connectivity index (χ0n) is 10.0. The first kappa shape index (κ1) is 12.5. The fraction of sp³-hybridized carbons (Fsp3) is 0.286. The summed E-state index contributed by atoms with van der Waals surface area (Å²) in [6.45, 7) is 0.387. The number of carboxylic acid groups (broad SMARTS) is 1. The zero-order chi connectivity index (χ0) is 13.0. The quantitative estimate of drug-likeness (QED) is 0.841. The van der Waals surface area contributed by atoms with E-state index in [1.165, 1.54) is 0 Å². The van der Waals surface area contributed by atoms with E-state index < -0.39 is 11.9 Å². The van der Waals surface area contributed by atoms with Gasteiger partial charge in [0.1, 0.15) is 0 Å². The van der Waals surface area contributed by atoms with Crippen LogP contribution in [0.4, 0.5) is 0 Å². The number of aromatic nitrogens is 1. The molecule has 0 saturated heterocycles. The number of fused-ring (bicyclic) bond motifs is 1. The van der Waals surface area contributed by atoms with Crippen LogP contribution in [0.15, 0.2) is 36.5 Å². The standard InChI is InChI=1S/C14H16N2O2/c15-6-5-12(14(17)18)8-10-7-11-3-1-2-4-13(11)16-9-10/h1-4,7,9,12H,5-6,8,15H2,(H,17,18). The van der Waals surface area contributed by atoms with Crippen molar-refractivity contribution in [1.82, 2.24) is 4.98 Å². The minimum Gasteiger partial charge on any atom is -0.481 e. The first-order valence-corrected chi connectivity index (χ1v) is 5.97. The van der Waals surface area contributed by atoms with Crippen molar-refractivity contribution >= 4 is 16.9 Å². The van der Waals surface area contributed by atoms with Gasteiger partial charge in [-0.2, -0.15) is 0 Å². The molecular weight excluding hydrogens is 228 g/mol. The predicted molar refractivity (Wildman–Crippen MR) is 70.2 cm³/mol. The second-order valence-corrected chi connectivity index (χ2v) is 4.35. The van der Waals surface area contributed by atoms with Crippen LogP contribution in [-0.2, 0) is 11.2 Å². The maximum atomic E-state index is 11.1. The van der Waals surface area contributed by atoms with Gasteiger partial charge in [-0.05, 0) is 37.1 Å². The summed E-state index contributed by atoms with van der Waals surface area (Å²) in [7, 11) is 0. The molecule has 1 heterocycles. The maximum absolute atomic E-state index is 11.1. The molecule has 1 unspecified atom stereocenters. The minimum absolute atomic E-state index is 0.387. The van der Waals surface area contributed by atoms with Crippen molar-refractivity contribution in [2.45, 2.75) is 12.8 Å². The fourth-order valence-corrected chi connectivity index (χ4v) is 2.03. The van der Waals surface area contributed by atoms with Crippen molar-refractivity contribution in [3.63, 3.8) is 0 Å². The Kier molecular flexibility index (Phi) is 3.89. The van der Waals surface area contributed by atoms with Crippen LogP contribution in [0.3, 0.4) is 0 Å². The molecular formula is C14H16N2O2. The first-order valence-electron chi connectivity index (χ1n) is 5.97. The highest BCUT2D eigenvalue weighted by molar-refractivity contribution is 5.79. The van der Waals surface area contributed by atoms with Crippen LogP contribution in [0.5, 0.6) is 0 Å². The molecule has 4 heteroatoms. The van der Waals surface area contributed by atoms with Gasteiger partial charge in [0.05, 0.1) is 11.4 Å². The lowest BCUT2D eigenvalue weighted by atomic mass is 9.96. The molecule has 0 saturated carbocycles. The first-order chi connectivity index (χ1) is 8.70. The van der Waals surface area contributed by atoms with E-state index in [1.807, 2.05) is 30.3 Å².